The van der Waals surface area contributed by atoms with Crippen molar-refractivity contribution in [2.24, 2.45) is 0 Å². The molecule has 2 aromatic carbocycles. The highest BCUT2D eigenvalue weighted by Gasteiger charge is 2.09. The zero-order valence-corrected chi connectivity index (χ0v) is 11.8. The molecule has 0 N–H and O–H groups in total. The van der Waals surface area contributed by atoms with Crippen molar-refractivity contribution in [1.29, 1.82) is 0 Å². The van der Waals surface area contributed by atoms with Gasteiger partial charge in [-0.2, -0.15) is 0 Å². The first kappa shape index (κ1) is 12.9. The van der Waals surface area contributed by atoms with Gasteiger partial charge in [0, 0.05) is 5.02 Å². The summed E-state index contributed by atoms with van der Waals surface area (Å²) in [5.74, 6) is 0. The van der Waals surface area contributed by atoms with Crippen LogP contribution in [0, 0.1) is 0 Å². The second-order valence-electron chi connectivity index (χ2n) is 4.67. The van der Waals surface area contributed by atoms with Crippen molar-refractivity contribution < 1.29 is 4.42 Å². The van der Waals surface area contributed by atoms with Crippen molar-refractivity contribution >= 4 is 22.6 Å². The van der Waals surface area contributed by atoms with Gasteiger partial charge >= 0.3 is 0 Å². The molecule has 0 bridgehead atoms. The van der Waals surface area contributed by atoms with Gasteiger partial charge in [0.15, 0.2) is 5.43 Å². The van der Waals surface area contributed by atoms with Gasteiger partial charge in [-0.3, -0.25) is 4.79 Å². The van der Waals surface area contributed by atoms with Crippen molar-refractivity contribution in [3.8, 4) is 11.1 Å². The molecule has 0 aliphatic carbocycles. The zero-order chi connectivity index (χ0) is 14.1. The van der Waals surface area contributed by atoms with E-state index >= 15 is 0 Å². The molecule has 0 amide bonds. The van der Waals surface area contributed by atoms with E-state index in [9.17, 15) is 4.79 Å². The number of rotatable bonds is 2. The molecule has 0 spiro atoms. The van der Waals surface area contributed by atoms with Crippen LogP contribution in [-0.2, 0) is 6.42 Å². The maximum atomic E-state index is 12.5. The third-order valence-electron chi connectivity index (χ3n) is 3.40. The summed E-state index contributed by atoms with van der Waals surface area (Å²) in [5, 5.41) is 1.25. The number of hydrogen-bond donors (Lipinski definition) is 0. The molecule has 2 nitrogen and oxygen atoms in total. The quantitative estimate of drug-likeness (QED) is 0.684. The molecule has 0 saturated heterocycles. The van der Waals surface area contributed by atoms with E-state index in [0.717, 1.165) is 17.5 Å². The maximum absolute atomic E-state index is 12.5. The minimum Gasteiger partial charge on any atom is -0.463 e. The normalized spacial score (nSPS) is 10.9. The molecule has 0 aliphatic rings. The highest BCUT2D eigenvalue weighted by molar-refractivity contribution is 6.30. The topological polar surface area (TPSA) is 30.2 Å². The molecule has 0 unspecified atom stereocenters. The number of hydrogen-bond acceptors (Lipinski definition) is 2. The molecule has 1 heterocycles. The first-order valence-electron chi connectivity index (χ1n) is 6.49. The highest BCUT2D eigenvalue weighted by atomic mass is 35.5. The summed E-state index contributed by atoms with van der Waals surface area (Å²) in [6.07, 6.45) is 2.44. The maximum Gasteiger partial charge on any atom is 0.200 e. The van der Waals surface area contributed by atoms with E-state index in [-0.39, 0.29) is 5.43 Å². The van der Waals surface area contributed by atoms with Gasteiger partial charge in [-0.1, -0.05) is 36.7 Å². The lowest BCUT2D eigenvalue weighted by molar-refractivity contribution is 0.604. The predicted molar refractivity (Wildman–Crippen MR) is 82.3 cm³/mol. The monoisotopic (exact) mass is 284 g/mol. The molecule has 0 radical (unpaired) electrons. The molecule has 0 fully saturated rings. The smallest absolute Gasteiger partial charge is 0.200 e. The Morgan fingerprint density at radius 1 is 1.10 bits per heavy atom. The Hall–Kier alpha value is -2.06. The number of halogens is 1. The second kappa shape index (κ2) is 5.14. The Kier molecular flexibility index (Phi) is 3.33. The van der Waals surface area contributed by atoms with Gasteiger partial charge < -0.3 is 4.42 Å². The summed E-state index contributed by atoms with van der Waals surface area (Å²) >= 11 is 5.87. The zero-order valence-electron chi connectivity index (χ0n) is 11.0. The first-order chi connectivity index (χ1) is 9.69. The van der Waals surface area contributed by atoms with Gasteiger partial charge in [0.2, 0.25) is 0 Å². The Balaban J connectivity index is 2.21. The summed E-state index contributed by atoms with van der Waals surface area (Å²) in [6.45, 7) is 2.07. The SMILES string of the molecule is CCc1ccc2c(=O)c(-c3ccc(Cl)cc3)coc2c1. The summed E-state index contributed by atoms with van der Waals surface area (Å²) in [4.78, 5) is 12.5. The lowest BCUT2D eigenvalue weighted by Gasteiger charge is -2.04. The van der Waals surface area contributed by atoms with Crippen LogP contribution in [0.15, 0.2) is 57.9 Å². The van der Waals surface area contributed by atoms with Gasteiger partial charge in [-0.15, -0.1) is 0 Å². The van der Waals surface area contributed by atoms with Crippen molar-refractivity contribution in [1.82, 2.24) is 0 Å². The highest BCUT2D eigenvalue weighted by Crippen LogP contribution is 2.22. The van der Waals surface area contributed by atoms with Crippen LogP contribution in [0.2, 0.25) is 5.02 Å². The summed E-state index contributed by atoms with van der Waals surface area (Å²) in [7, 11) is 0. The second-order valence-corrected chi connectivity index (χ2v) is 5.11. The van der Waals surface area contributed by atoms with E-state index in [4.69, 9.17) is 16.0 Å². The van der Waals surface area contributed by atoms with Gasteiger partial charge in [-0.05, 0) is 41.8 Å². The van der Waals surface area contributed by atoms with Crippen molar-refractivity contribution in [3.05, 3.63) is 69.5 Å². The Morgan fingerprint density at radius 2 is 1.85 bits per heavy atom. The summed E-state index contributed by atoms with van der Waals surface area (Å²) in [6, 6.07) is 12.9. The lowest BCUT2D eigenvalue weighted by Crippen LogP contribution is -2.04. The van der Waals surface area contributed by atoms with E-state index in [2.05, 4.69) is 6.92 Å². The van der Waals surface area contributed by atoms with E-state index in [1.807, 2.05) is 30.3 Å². The van der Waals surface area contributed by atoms with Gasteiger partial charge in [0.05, 0.1) is 10.9 Å². The molecule has 100 valence electrons. The minimum absolute atomic E-state index is 0.0174. The molecule has 0 saturated carbocycles. The van der Waals surface area contributed by atoms with Crippen LogP contribution in [0.5, 0.6) is 0 Å². The minimum atomic E-state index is -0.0174. The van der Waals surface area contributed by atoms with Crippen LogP contribution < -0.4 is 5.43 Å². The largest absolute Gasteiger partial charge is 0.463 e. The van der Waals surface area contributed by atoms with Gasteiger partial charge in [0.25, 0.3) is 0 Å². The van der Waals surface area contributed by atoms with Crippen LogP contribution in [0.4, 0.5) is 0 Å². The lowest BCUT2D eigenvalue weighted by atomic mass is 10.0. The fourth-order valence-corrected chi connectivity index (χ4v) is 2.35. The average Bonchev–Trinajstić information content (AvgIpc) is 2.48. The molecule has 3 rings (SSSR count). The Morgan fingerprint density at radius 3 is 2.55 bits per heavy atom. The van der Waals surface area contributed by atoms with Crippen LogP contribution in [0.25, 0.3) is 22.1 Å². The molecule has 0 aliphatic heterocycles. The number of benzene rings is 2. The molecule has 20 heavy (non-hydrogen) atoms. The third-order valence-corrected chi connectivity index (χ3v) is 3.65. The van der Waals surface area contributed by atoms with E-state index < -0.39 is 0 Å². The standard InChI is InChI=1S/C17H13ClO2/c1-2-11-3-8-14-16(9-11)20-10-15(17(14)19)12-4-6-13(18)7-5-12/h3-10H,2H2,1H3. The first-order valence-corrected chi connectivity index (χ1v) is 6.87. The summed E-state index contributed by atoms with van der Waals surface area (Å²) < 4.78 is 5.62. The van der Waals surface area contributed by atoms with Gasteiger partial charge in [0.1, 0.15) is 11.8 Å². The van der Waals surface area contributed by atoms with Gasteiger partial charge in [-0.25, -0.2) is 0 Å². The summed E-state index contributed by atoms with van der Waals surface area (Å²) in [5.41, 5.74) is 3.13. The Bertz CT molecular complexity index is 817. The number of fused-ring (bicyclic) bond motifs is 1. The Labute approximate surface area is 121 Å². The molecular weight excluding hydrogens is 272 g/mol. The van der Waals surface area contributed by atoms with Crippen LogP contribution >= 0.6 is 11.6 Å². The molecule has 3 aromatic rings. The van der Waals surface area contributed by atoms with Crippen LogP contribution in [0.3, 0.4) is 0 Å². The fraction of sp³-hybridized carbons (Fsp3) is 0.118. The van der Waals surface area contributed by atoms with Crippen LogP contribution in [0.1, 0.15) is 12.5 Å². The van der Waals surface area contributed by atoms with E-state index in [1.54, 1.807) is 12.1 Å². The van der Waals surface area contributed by atoms with E-state index in [0.29, 0.717) is 21.6 Å². The predicted octanol–water partition coefficient (Wildman–Crippen LogP) is 4.68. The fourth-order valence-electron chi connectivity index (χ4n) is 2.22. The molecular formula is C17H13ClO2. The molecule has 0 atom stereocenters. The third kappa shape index (κ3) is 2.23. The molecule has 1 aromatic heterocycles. The van der Waals surface area contributed by atoms with Crippen molar-refractivity contribution in [2.45, 2.75) is 13.3 Å². The van der Waals surface area contributed by atoms with Crippen molar-refractivity contribution in [3.63, 3.8) is 0 Å². The van der Waals surface area contributed by atoms with Crippen molar-refractivity contribution in [2.75, 3.05) is 0 Å². The van der Waals surface area contributed by atoms with Crippen LogP contribution in [-0.4, -0.2) is 0 Å². The number of aryl methyl sites for hydroxylation is 1. The molecule has 3 heteroatoms. The van der Waals surface area contributed by atoms with E-state index in [1.165, 1.54) is 6.26 Å². The average molecular weight is 285 g/mol.